The number of guanidine groups is 1. The fourth-order valence-electron chi connectivity index (χ4n) is 4.28. The van der Waals surface area contributed by atoms with Gasteiger partial charge in [0.1, 0.15) is 0 Å². The smallest absolute Gasteiger partial charge is 0.191 e. The number of hydrogen-bond acceptors (Lipinski definition) is 5. The molecule has 1 saturated heterocycles. The minimum absolute atomic E-state index is 0. The van der Waals surface area contributed by atoms with Crippen LogP contribution in [0.1, 0.15) is 50.4 Å². The van der Waals surface area contributed by atoms with Gasteiger partial charge in [0.05, 0.1) is 18.8 Å². The average molecular weight is 551 g/mol. The molecule has 0 amide bonds. The highest BCUT2D eigenvalue weighted by Gasteiger charge is 2.36. The van der Waals surface area contributed by atoms with Crippen molar-refractivity contribution in [3.63, 3.8) is 0 Å². The summed E-state index contributed by atoms with van der Waals surface area (Å²) >= 11 is 1.83. The van der Waals surface area contributed by atoms with Crippen molar-refractivity contribution in [3.05, 3.63) is 22.4 Å². The van der Waals surface area contributed by atoms with Crippen LogP contribution in [0.15, 0.2) is 22.5 Å². The third-order valence-corrected chi connectivity index (χ3v) is 7.19. The third-order valence-electron chi connectivity index (χ3n) is 6.22. The van der Waals surface area contributed by atoms with Gasteiger partial charge < -0.3 is 20.1 Å². The van der Waals surface area contributed by atoms with Crippen molar-refractivity contribution in [1.29, 1.82) is 0 Å². The third kappa shape index (κ3) is 7.32. The summed E-state index contributed by atoms with van der Waals surface area (Å²) in [5.74, 6) is 0.930. The van der Waals surface area contributed by atoms with E-state index < -0.39 is 0 Å². The first-order valence-electron chi connectivity index (χ1n) is 11.1. The van der Waals surface area contributed by atoms with Gasteiger partial charge in [-0.25, -0.2) is 0 Å². The van der Waals surface area contributed by atoms with Crippen molar-refractivity contribution in [2.24, 2.45) is 10.4 Å². The van der Waals surface area contributed by atoms with Crippen LogP contribution in [0.3, 0.4) is 0 Å². The molecule has 2 heterocycles. The predicted molar refractivity (Wildman–Crippen MR) is 136 cm³/mol. The van der Waals surface area contributed by atoms with E-state index in [1.165, 1.54) is 24.1 Å². The van der Waals surface area contributed by atoms with E-state index in [4.69, 9.17) is 14.5 Å². The normalized spacial score (nSPS) is 22.6. The Morgan fingerprint density at radius 1 is 1.43 bits per heavy atom. The Hall–Kier alpha value is -0.420. The molecule has 0 aromatic carbocycles. The number of methoxy groups -OCH3 is 1. The quantitative estimate of drug-likeness (QED) is 0.263. The first kappa shape index (κ1) is 25.8. The second-order valence-electron chi connectivity index (χ2n) is 8.38. The molecular weight excluding hydrogens is 511 g/mol. The highest BCUT2D eigenvalue weighted by atomic mass is 127. The van der Waals surface area contributed by atoms with Crippen molar-refractivity contribution in [3.8, 4) is 0 Å². The maximum Gasteiger partial charge on any atom is 0.191 e. The van der Waals surface area contributed by atoms with E-state index >= 15 is 0 Å². The zero-order valence-electron chi connectivity index (χ0n) is 18.7. The fraction of sp³-hybridized carbons (Fsp3) is 0.773. The Bertz CT molecular complexity index is 625. The molecule has 2 fully saturated rings. The van der Waals surface area contributed by atoms with Crippen molar-refractivity contribution in [2.75, 3.05) is 53.0 Å². The molecular formula is C22H39IN4O2S. The van der Waals surface area contributed by atoms with Gasteiger partial charge in [-0.1, -0.05) is 12.5 Å². The number of morpholine rings is 1. The van der Waals surface area contributed by atoms with Crippen LogP contribution in [0, 0.1) is 5.41 Å². The summed E-state index contributed by atoms with van der Waals surface area (Å²) in [6, 6.07) is 4.73. The number of halogens is 1. The fourth-order valence-corrected chi connectivity index (χ4v) is 5.14. The SMILES string of the molecule is CCNC(=NCC1(CCOC)CCC1)NCC(c1cccs1)N1CCOC(C)C1.I. The molecule has 0 spiro atoms. The maximum atomic E-state index is 5.76. The molecule has 8 heteroatoms. The van der Waals surface area contributed by atoms with Gasteiger partial charge in [0.15, 0.2) is 5.96 Å². The standard InChI is InChI=1S/C22H38N4O2S.HI/c1-4-23-21(25-17-22(8-6-9-22)10-12-27-3)24-15-19(20-7-5-14-29-20)26-11-13-28-18(2)16-26;/h5,7,14,18-19H,4,6,8-13,15-17H2,1-3H3,(H2,23,24,25);1H. The summed E-state index contributed by atoms with van der Waals surface area (Å²) < 4.78 is 11.1. The number of aliphatic imine (C=N–C) groups is 1. The Labute approximate surface area is 203 Å². The van der Waals surface area contributed by atoms with Crippen molar-refractivity contribution < 1.29 is 9.47 Å². The highest BCUT2D eigenvalue weighted by molar-refractivity contribution is 14.0. The van der Waals surface area contributed by atoms with Crippen molar-refractivity contribution >= 4 is 41.3 Å². The van der Waals surface area contributed by atoms with Crippen LogP contribution in [0.4, 0.5) is 0 Å². The minimum Gasteiger partial charge on any atom is -0.385 e. The summed E-state index contributed by atoms with van der Waals surface area (Å²) in [4.78, 5) is 8.92. The lowest BCUT2D eigenvalue weighted by Gasteiger charge is -2.41. The molecule has 1 aliphatic heterocycles. The van der Waals surface area contributed by atoms with Crippen LogP contribution in [0.25, 0.3) is 0 Å². The highest BCUT2D eigenvalue weighted by Crippen LogP contribution is 2.44. The van der Waals surface area contributed by atoms with Crippen molar-refractivity contribution in [2.45, 2.75) is 51.7 Å². The topological polar surface area (TPSA) is 58.1 Å². The molecule has 0 radical (unpaired) electrons. The molecule has 1 aromatic rings. The van der Waals surface area contributed by atoms with E-state index in [-0.39, 0.29) is 30.1 Å². The Balaban J connectivity index is 0.00000320. The second-order valence-corrected chi connectivity index (χ2v) is 9.36. The number of nitrogens with zero attached hydrogens (tertiary/aromatic N) is 2. The number of nitrogens with one attached hydrogen (secondary N) is 2. The van der Waals surface area contributed by atoms with Gasteiger partial charge in [0, 0.05) is 51.3 Å². The number of ether oxygens (including phenoxy) is 2. The van der Waals surface area contributed by atoms with Gasteiger partial charge >= 0.3 is 0 Å². The van der Waals surface area contributed by atoms with Crippen LogP contribution in [-0.2, 0) is 9.47 Å². The molecule has 2 N–H and O–H groups in total. The maximum absolute atomic E-state index is 5.76. The summed E-state index contributed by atoms with van der Waals surface area (Å²) in [6.07, 6.45) is 5.24. The van der Waals surface area contributed by atoms with Crippen LogP contribution in [0.2, 0.25) is 0 Å². The van der Waals surface area contributed by atoms with Crippen LogP contribution >= 0.6 is 35.3 Å². The monoisotopic (exact) mass is 550 g/mol. The summed E-state index contributed by atoms with van der Waals surface area (Å²) in [5, 5.41) is 9.24. The molecule has 2 aliphatic rings. The van der Waals surface area contributed by atoms with E-state index in [2.05, 4.69) is 46.9 Å². The number of thiophene rings is 1. The Kier molecular flexibility index (Phi) is 11.4. The molecule has 172 valence electrons. The zero-order valence-corrected chi connectivity index (χ0v) is 21.8. The van der Waals surface area contributed by atoms with Gasteiger partial charge in [0.2, 0.25) is 0 Å². The Morgan fingerprint density at radius 2 is 2.27 bits per heavy atom. The number of rotatable bonds is 10. The summed E-state index contributed by atoms with van der Waals surface area (Å²) in [5.41, 5.74) is 0.338. The second kappa shape index (κ2) is 13.2. The van der Waals surface area contributed by atoms with E-state index in [1.807, 2.05) is 11.3 Å². The van der Waals surface area contributed by atoms with E-state index in [0.29, 0.717) is 11.5 Å². The molecule has 1 aromatic heterocycles. The largest absolute Gasteiger partial charge is 0.385 e. The molecule has 30 heavy (non-hydrogen) atoms. The van der Waals surface area contributed by atoms with Gasteiger partial charge in [-0.2, -0.15) is 0 Å². The van der Waals surface area contributed by atoms with E-state index in [0.717, 1.165) is 58.3 Å². The van der Waals surface area contributed by atoms with E-state index in [1.54, 1.807) is 7.11 Å². The molecule has 0 bridgehead atoms. The molecule has 2 unspecified atom stereocenters. The molecule has 3 rings (SSSR count). The molecule has 2 atom stereocenters. The average Bonchev–Trinajstić information content (AvgIpc) is 3.21. The summed E-state index contributed by atoms with van der Waals surface area (Å²) in [6.45, 7) is 10.5. The minimum atomic E-state index is 0. The first-order chi connectivity index (χ1) is 14.2. The lowest BCUT2D eigenvalue weighted by molar-refractivity contribution is -0.0334. The lowest BCUT2D eigenvalue weighted by Crippen LogP contribution is -2.48. The van der Waals surface area contributed by atoms with Crippen molar-refractivity contribution in [1.82, 2.24) is 15.5 Å². The van der Waals surface area contributed by atoms with Crippen LogP contribution in [0.5, 0.6) is 0 Å². The predicted octanol–water partition coefficient (Wildman–Crippen LogP) is 3.89. The van der Waals surface area contributed by atoms with Crippen LogP contribution in [-0.4, -0.2) is 70.0 Å². The van der Waals surface area contributed by atoms with Gasteiger partial charge in [-0.15, -0.1) is 35.3 Å². The zero-order chi connectivity index (χ0) is 20.5. The number of hydrogen-bond donors (Lipinski definition) is 2. The van der Waals surface area contributed by atoms with E-state index in [9.17, 15) is 0 Å². The van der Waals surface area contributed by atoms with Crippen LogP contribution < -0.4 is 10.6 Å². The van der Waals surface area contributed by atoms with Gasteiger partial charge in [-0.05, 0) is 50.0 Å². The molecule has 1 aliphatic carbocycles. The lowest BCUT2D eigenvalue weighted by atomic mass is 9.67. The first-order valence-corrected chi connectivity index (χ1v) is 11.9. The summed E-state index contributed by atoms with van der Waals surface area (Å²) in [7, 11) is 1.79. The van der Waals surface area contributed by atoms with Gasteiger partial charge in [-0.3, -0.25) is 9.89 Å². The Morgan fingerprint density at radius 3 is 2.87 bits per heavy atom. The molecule has 1 saturated carbocycles. The molecule has 6 nitrogen and oxygen atoms in total. The van der Waals surface area contributed by atoms with Gasteiger partial charge in [0.25, 0.3) is 0 Å².